The summed E-state index contributed by atoms with van der Waals surface area (Å²) in [5.74, 6) is 5.50. The quantitative estimate of drug-likeness (QED) is 0.250. The SMILES string of the molecule is C\C=C/C=C(N)\C(=C\CCC)C(=O)N(N)C(C)C. The molecule has 0 aliphatic heterocycles. The van der Waals surface area contributed by atoms with Crippen LogP contribution in [-0.4, -0.2) is 17.0 Å². The van der Waals surface area contributed by atoms with Crippen molar-refractivity contribution in [3.63, 3.8) is 0 Å². The Bertz CT molecular complexity index is 354. The normalized spacial score (nSPS) is 13.4. The second kappa shape index (κ2) is 8.53. The van der Waals surface area contributed by atoms with E-state index in [9.17, 15) is 4.79 Å². The van der Waals surface area contributed by atoms with Crippen LogP contribution in [0.2, 0.25) is 0 Å². The second-order valence-corrected chi connectivity index (χ2v) is 4.36. The number of hydrazine groups is 1. The number of nitrogens with zero attached hydrogens (tertiary/aromatic N) is 1. The van der Waals surface area contributed by atoms with Gasteiger partial charge >= 0.3 is 0 Å². The fourth-order valence-corrected chi connectivity index (χ4v) is 1.28. The van der Waals surface area contributed by atoms with Gasteiger partial charge in [-0.3, -0.25) is 9.80 Å². The standard InChI is InChI=1S/C14H25N3O/c1-5-7-9-12(13(15)10-8-6-2)14(18)17(16)11(3)4/h6,8-11H,5,7,15-16H2,1-4H3/b8-6-,12-9-,13-10+. The van der Waals surface area contributed by atoms with Crippen LogP contribution in [0.1, 0.15) is 40.5 Å². The number of nitrogens with two attached hydrogens (primary N) is 2. The molecule has 0 saturated carbocycles. The molecule has 0 bridgehead atoms. The molecule has 0 heterocycles. The highest BCUT2D eigenvalue weighted by Gasteiger charge is 2.19. The zero-order chi connectivity index (χ0) is 14.1. The monoisotopic (exact) mass is 251 g/mol. The number of hydrogen-bond acceptors (Lipinski definition) is 3. The number of unbranched alkanes of at least 4 members (excludes halogenated alkanes) is 1. The highest BCUT2D eigenvalue weighted by atomic mass is 16.2. The number of rotatable bonds is 6. The van der Waals surface area contributed by atoms with Gasteiger partial charge in [0, 0.05) is 11.7 Å². The molecule has 0 aromatic heterocycles. The van der Waals surface area contributed by atoms with Crippen molar-refractivity contribution in [1.29, 1.82) is 0 Å². The molecule has 0 aliphatic carbocycles. The Kier molecular flexibility index (Phi) is 7.79. The lowest BCUT2D eigenvalue weighted by Gasteiger charge is -2.22. The minimum absolute atomic E-state index is 0.0583. The molecule has 0 aromatic carbocycles. The number of allylic oxidation sites excluding steroid dienone is 4. The van der Waals surface area contributed by atoms with E-state index in [0.717, 1.165) is 12.8 Å². The molecule has 0 spiro atoms. The molecule has 1 amide bonds. The number of hydrogen-bond donors (Lipinski definition) is 2. The third kappa shape index (κ3) is 5.19. The molecular formula is C14H25N3O. The van der Waals surface area contributed by atoms with Gasteiger partial charge in [0.2, 0.25) is 0 Å². The van der Waals surface area contributed by atoms with Crippen molar-refractivity contribution in [3.05, 3.63) is 35.6 Å². The fourth-order valence-electron chi connectivity index (χ4n) is 1.28. The van der Waals surface area contributed by atoms with Crippen LogP contribution >= 0.6 is 0 Å². The van der Waals surface area contributed by atoms with Crippen LogP contribution < -0.4 is 11.6 Å². The number of carbonyl (C=O) groups is 1. The molecule has 0 atom stereocenters. The predicted octanol–water partition coefficient (Wildman–Crippen LogP) is 2.24. The van der Waals surface area contributed by atoms with Crippen LogP contribution in [0.5, 0.6) is 0 Å². The number of amides is 1. The fraction of sp³-hybridized carbons (Fsp3) is 0.500. The van der Waals surface area contributed by atoms with Gasteiger partial charge in [-0.1, -0.05) is 31.6 Å². The summed E-state index contributed by atoms with van der Waals surface area (Å²) < 4.78 is 0. The van der Waals surface area contributed by atoms with E-state index in [1.54, 1.807) is 12.2 Å². The molecule has 0 aromatic rings. The second-order valence-electron chi connectivity index (χ2n) is 4.36. The van der Waals surface area contributed by atoms with E-state index in [-0.39, 0.29) is 11.9 Å². The van der Waals surface area contributed by atoms with E-state index in [0.29, 0.717) is 11.3 Å². The molecule has 0 saturated heterocycles. The van der Waals surface area contributed by atoms with E-state index in [4.69, 9.17) is 11.6 Å². The van der Waals surface area contributed by atoms with Gasteiger partial charge in [-0.05, 0) is 33.3 Å². The Balaban J connectivity index is 5.18. The highest BCUT2D eigenvalue weighted by molar-refractivity contribution is 5.97. The minimum atomic E-state index is -0.239. The maximum absolute atomic E-state index is 12.2. The third-order valence-corrected chi connectivity index (χ3v) is 2.44. The van der Waals surface area contributed by atoms with Gasteiger partial charge < -0.3 is 5.73 Å². The highest BCUT2D eigenvalue weighted by Crippen LogP contribution is 2.11. The molecule has 4 heteroatoms. The Labute approximate surface area is 110 Å². The lowest BCUT2D eigenvalue weighted by molar-refractivity contribution is -0.128. The van der Waals surface area contributed by atoms with Crippen molar-refractivity contribution in [2.45, 2.75) is 46.6 Å². The van der Waals surface area contributed by atoms with E-state index in [2.05, 4.69) is 0 Å². The minimum Gasteiger partial charge on any atom is -0.398 e. The van der Waals surface area contributed by atoms with Gasteiger partial charge in [-0.25, -0.2) is 5.84 Å². The Morgan fingerprint density at radius 2 is 2.00 bits per heavy atom. The Hall–Kier alpha value is -1.55. The molecule has 4 nitrogen and oxygen atoms in total. The first-order chi connectivity index (χ1) is 8.45. The summed E-state index contributed by atoms with van der Waals surface area (Å²) in [7, 11) is 0. The molecular weight excluding hydrogens is 226 g/mol. The Morgan fingerprint density at radius 1 is 1.39 bits per heavy atom. The van der Waals surface area contributed by atoms with Crippen LogP contribution in [-0.2, 0) is 4.79 Å². The lowest BCUT2D eigenvalue weighted by atomic mass is 10.1. The summed E-state index contributed by atoms with van der Waals surface area (Å²) in [4.78, 5) is 12.2. The zero-order valence-electron chi connectivity index (χ0n) is 11.8. The summed E-state index contributed by atoms with van der Waals surface area (Å²) >= 11 is 0. The van der Waals surface area contributed by atoms with Crippen molar-refractivity contribution < 1.29 is 4.79 Å². The summed E-state index contributed by atoms with van der Waals surface area (Å²) in [5.41, 5.74) is 6.85. The molecule has 0 radical (unpaired) electrons. The van der Waals surface area contributed by atoms with Crippen molar-refractivity contribution >= 4 is 5.91 Å². The third-order valence-electron chi connectivity index (χ3n) is 2.44. The first kappa shape index (κ1) is 16.4. The van der Waals surface area contributed by atoms with Crippen LogP contribution in [0.4, 0.5) is 0 Å². The predicted molar refractivity (Wildman–Crippen MR) is 76.2 cm³/mol. The van der Waals surface area contributed by atoms with Gasteiger partial charge in [0.05, 0.1) is 5.57 Å². The molecule has 0 rings (SSSR count). The van der Waals surface area contributed by atoms with Crippen molar-refractivity contribution in [2.24, 2.45) is 11.6 Å². The van der Waals surface area contributed by atoms with Gasteiger partial charge in [-0.2, -0.15) is 0 Å². The van der Waals surface area contributed by atoms with Crippen LogP contribution in [0, 0.1) is 0 Å². The van der Waals surface area contributed by atoms with Gasteiger partial charge in [0.1, 0.15) is 0 Å². The summed E-state index contributed by atoms with van der Waals surface area (Å²) in [6.45, 7) is 7.67. The zero-order valence-corrected chi connectivity index (χ0v) is 11.8. The van der Waals surface area contributed by atoms with Crippen molar-refractivity contribution in [2.75, 3.05) is 0 Å². The van der Waals surface area contributed by atoms with Gasteiger partial charge in [0.25, 0.3) is 5.91 Å². The van der Waals surface area contributed by atoms with Crippen molar-refractivity contribution in [1.82, 2.24) is 5.01 Å². The van der Waals surface area contributed by atoms with Gasteiger partial charge in [-0.15, -0.1) is 0 Å². The molecule has 0 aliphatic rings. The topological polar surface area (TPSA) is 72.4 Å². The van der Waals surface area contributed by atoms with E-state index >= 15 is 0 Å². The smallest absolute Gasteiger partial charge is 0.269 e. The molecule has 0 fully saturated rings. The summed E-state index contributed by atoms with van der Waals surface area (Å²) in [5, 5.41) is 1.21. The maximum Gasteiger partial charge on any atom is 0.269 e. The average molecular weight is 251 g/mol. The van der Waals surface area contributed by atoms with E-state index in [1.165, 1.54) is 5.01 Å². The van der Waals surface area contributed by atoms with E-state index in [1.807, 2.05) is 39.8 Å². The largest absolute Gasteiger partial charge is 0.398 e. The van der Waals surface area contributed by atoms with Gasteiger partial charge in [0.15, 0.2) is 0 Å². The summed E-state index contributed by atoms with van der Waals surface area (Å²) in [6.07, 6.45) is 8.99. The van der Waals surface area contributed by atoms with E-state index < -0.39 is 0 Å². The van der Waals surface area contributed by atoms with Crippen LogP contribution in [0.15, 0.2) is 35.6 Å². The molecule has 4 N–H and O–H groups in total. The van der Waals surface area contributed by atoms with Crippen LogP contribution in [0.25, 0.3) is 0 Å². The molecule has 18 heavy (non-hydrogen) atoms. The average Bonchev–Trinajstić information content (AvgIpc) is 2.35. The Morgan fingerprint density at radius 3 is 2.44 bits per heavy atom. The van der Waals surface area contributed by atoms with Crippen molar-refractivity contribution in [3.8, 4) is 0 Å². The van der Waals surface area contributed by atoms with Crippen LogP contribution in [0.3, 0.4) is 0 Å². The first-order valence-corrected chi connectivity index (χ1v) is 6.32. The summed E-state index contributed by atoms with van der Waals surface area (Å²) in [6, 6.07) is -0.0583. The molecule has 0 unspecified atom stereocenters. The molecule has 102 valence electrons. The lowest BCUT2D eigenvalue weighted by Crippen LogP contribution is -2.44. The maximum atomic E-state index is 12.2. The first-order valence-electron chi connectivity index (χ1n) is 6.32. The number of carbonyl (C=O) groups excluding carboxylic acids is 1.